The number of rotatable bonds is 5. The van der Waals surface area contributed by atoms with E-state index in [1.54, 1.807) is 18.2 Å². The van der Waals surface area contributed by atoms with Crippen molar-refractivity contribution in [3.8, 4) is 0 Å². The molecule has 1 aromatic heterocycles. The minimum atomic E-state index is -0.431. The second-order valence-corrected chi connectivity index (χ2v) is 7.92. The van der Waals surface area contributed by atoms with Gasteiger partial charge in [-0.3, -0.25) is 13.9 Å². The predicted octanol–water partition coefficient (Wildman–Crippen LogP) is 3.40. The van der Waals surface area contributed by atoms with Crippen molar-refractivity contribution in [3.63, 3.8) is 0 Å². The maximum absolute atomic E-state index is 13.0. The number of benzene rings is 2. The highest BCUT2D eigenvalue weighted by Crippen LogP contribution is 2.25. The number of carbonyl (C=O) groups excluding carboxylic acids is 1. The van der Waals surface area contributed by atoms with Crippen LogP contribution in [0.3, 0.4) is 0 Å². The summed E-state index contributed by atoms with van der Waals surface area (Å²) in [6.07, 6.45) is 5.16. The van der Waals surface area contributed by atoms with Gasteiger partial charge < -0.3 is 4.74 Å². The lowest BCUT2D eigenvalue weighted by Crippen LogP contribution is -2.40. The van der Waals surface area contributed by atoms with E-state index in [1.807, 2.05) is 56.3 Å². The standard InChI is InChI=1S/C25H24N2O4/c1-17-12-18(2)14-20(13-17)24(29)31-22-9-8-21(15-22)26-11-10-23(28)27(25(26)30)16-19-6-4-3-5-7-19/h3-14,21-22H,15-16H2,1-2H3/t21-,22+/m0/s1. The summed E-state index contributed by atoms with van der Waals surface area (Å²) < 4.78 is 8.38. The molecule has 0 N–H and O–H groups in total. The van der Waals surface area contributed by atoms with E-state index in [0.717, 1.165) is 16.7 Å². The quantitative estimate of drug-likeness (QED) is 0.472. The Kier molecular flexibility index (Phi) is 5.71. The first-order valence-electron chi connectivity index (χ1n) is 10.2. The molecule has 1 aliphatic carbocycles. The van der Waals surface area contributed by atoms with Crippen LogP contribution in [0, 0.1) is 13.8 Å². The second-order valence-electron chi connectivity index (χ2n) is 7.92. The number of ether oxygens (including phenoxy) is 1. The molecule has 0 aliphatic heterocycles. The molecular formula is C25H24N2O4. The molecule has 0 fully saturated rings. The zero-order valence-electron chi connectivity index (χ0n) is 17.5. The smallest absolute Gasteiger partial charge is 0.338 e. The molecule has 1 aliphatic rings. The molecule has 0 bridgehead atoms. The molecule has 4 rings (SSSR count). The average molecular weight is 416 g/mol. The summed E-state index contributed by atoms with van der Waals surface area (Å²) in [5.74, 6) is -0.386. The van der Waals surface area contributed by atoms with Crippen molar-refractivity contribution in [2.75, 3.05) is 0 Å². The molecule has 2 aromatic carbocycles. The predicted molar refractivity (Wildman–Crippen MR) is 118 cm³/mol. The third-order valence-corrected chi connectivity index (χ3v) is 5.37. The van der Waals surface area contributed by atoms with Crippen molar-refractivity contribution in [1.82, 2.24) is 9.13 Å². The Labute approximate surface area is 180 Å². The van der Waals surface area contributed by atoms with Crippen molar-refractivity contribution >= 4 is 5.97 Å². The third-order valence-electron chi connectivity index (χ3n) is 5.37. The summed E-state index contributed by atoms with van der Waals surface area (Å²) in [5.41, 5.74) is 2.67. The van der Waals surface area contributed by atoms with E-state index in [2.05, 4.69) is 0 Å². The topological polar surface area (TPSA) is 70.3 Å². The van der Waals surface area contributed by atoms with Gasteiger partial charge in [0, 0.05) is 18.7 Å². The summed E-state index contributed by atoms with van der Waals surface area (Å²) >= 11 is 0. The lowest BCUT2D eigenvalue weighted by molar-refractivity contribution is 0.0382. The Morgan fingerprint density at radius 3 is 2.42 bits per heavy atom. The van der Waals surface area contributed by atoms with Gasteiger partial charge in [0.1, 0.15) is 6.10 Å². The molecule has 0 unspecified atom stereocenters. The molecule has 158 valence electrons. The van der Waals surface area contributed by atoms with Crippen LogP contribution in [0.2, 0.25) is 0 Å². The zero-order valence-corrected chi connectivity index (χ0v) is 17.5. The van der Waals surface area contributed by atoms with Crippen LogP contribution in [0.15, 0.2) is 82.5 Å². The van der Waals surface area contributed by atoms with E-state index in [1.165, 1.54) is 21.4 Å². The van der Waals surface area contributed by atoms with E-state index in [0.29, 0.717) is 12.0 Å². The Morgan fingerprint density at radius 2 is 1.71 bits per heavy atom. The van der Waals surface area contributed by atoms with Crippen LogP contribution >= 0.6 is 0 Å². The molecule has 0 spiro atoms. The van der Waals surface area contributed by atoms with Gasteiger partial charge in [0.15, 0.2) is 0 Å². The van der Waals surface area contributed by atoms with Crippen LogP contribution in [0.5, 0.6) is 0 Å². The number of allylic oxidation sites excluding steroid dienone is 1. The first-order valence-corrected chi connectivity index (χ1v) is 10.2. The fourth-order valence-electron chi connectivity index (χ4n) is 3.93. The fraction of sp³-hybridized carbons (Fsp3) is 0.240. The molecule has 31 heavy (non-hydrogen) atoms. The van der Waals surface area contributed by atoms with Crippen molar-refractivity contribution in [1.29, 1.82) is 0 Å². The molecule has 1 heterocycles. The molecular weight excluding hydrogens is 392 g/mol. The van der Waals surface area contributed by atoms with Gasteiger partial charge in [0.05, 0.1) is 18.2 Å². The van der Waals surface area contributed by atoms with Crippen molar-refractivity contribution < 1.29 is 9.53 Å². The number of carbonyl (C=O) groups is 1. The third kappa shape index (κ3) is 4.58. The molecule has 6 heteroatoms. The van der Waals surface area contributed by atoms with Gasteiger partial charge in [0.25, 0.3) is 5.56 Å². The molecule has 0 amide bonds. The Balaban J connectivity index is 1.50. The van der Waals surface area contributed by atoms with E-state index in [-0.39, 0.29) is 29.8 Å². The summed E-state index contributed by atoms with van der Waals surface area (Å²) in [4.78, 5) is 37.8. The molecule has 0 saturated heterocycles. The fourth-order valence-corrected chi connectivity index (χ4v) is 3.93. The molecule has 6 nitrogen and oxygen atoms in total. The largest absolute Gasteiger partial charge is 0.454 e. The van der Waals surface area contributed by atoms with E-state index >= 15 is 0 Å². The molecule has 2 atom stereocenters. The van der Waals surface area contributed by atoms with Crippen LogP contribution in [-0.2, 0) is 11.3 Å². The van der Waals surface area contributed by atoms with Crippen LogP contribution in [0.1, 0.15) is 39.5 Å². The maximum atomic E-state index is 13.0. The minimum absolute atomic E-state index is 0.209. The number of aromatic nitrogens is 2. The van der Waals surface area contributed by atoms with Gasteiger partial charge in [-0.05, 0) is 37.6 Å². The average Bonchev–Trinajstić information content (AvgIpc) is 3.19. The van der Waals surface area contributed by atoms with Gasteiger partial charge in [-0.25, -0.2) is 9.59 Å². The number of esters is 1. The van der Waals surface area contributed by atoms with Gasteiger partial charge in [-0.2, -0.15) is 0 Å². The first kappa shape index (κ1) is 20.6. The van der Waals surface area contributed by atoms with Crippen LogP contribution in [-0.4, -0.2) is 21.2 Å². The minimum Gasteiger partial charge on any atom is -0.454 e. The van der Waals surface area contributed by atoms with Gasteiger partial charge in [0.2, 0.25) is 0 Å². The van der Waals surface area contributed by atoms with Crippen molar-refractivity contribution in [2.24, 2.45) is 0 Å². The van der Waals surface area contributed by atoms with Gasteiger partial charge in [-0.1, -0.05) is 53.6 Å². The summed E-state index contributed by atoms with van der Waals surface area (Å²) in [7, 11) is 0. The number of nitrogens with zero attached hydrogens (tertiary/aromatic N) is 2. The Morgan fingerprint density at radius 1 is 1.00 bits per heavy atom. The monoisotopic (exact) mass is 416 g/mol. The Bertz CT molecular complexity index is 1230. The summed E-state index contributed by atoms with van der Waals surface area (Å²) in [6, 6.07) is 16.1. The van der Waals surface area contributed by atoms with Crippen LogP contribution in [0.25, 0.3) is 0 Å². The molecule has 0 saturated carbocycles. The van der Waals surface area contributed by atoms with E-state index < -0.39 is 6.10 Å². The van der Waals surface area contributed by atoms with Crippen molar-refractivity contribution in [3.05, 3.63) is 116 Å². The lowest BCUT2D eigenvalue weighted by atomic mass is 10.1. The summed E-state index contributed by atoms with van der Waals surface area (Å²) in [6.45, 7) is 4.08. The highest BCUT2D eigenvalue weighted by molar-refractivity contribution is 5.90. The van der Waals surface area contributed by atoms with Crippen LogP contribution < -0.4 is 11.2 Å². The zero-order chi connectivity index (χ0) is 22.0. The number of hydrogen-bond acceptors (Lipinski definition) is 4. The number of hydrogen-bond donors (Lipinski definition) is 0. The highest BCUT2D eigenvalue weighted by atomic mass is 16.5. The second kappa shape index (κ2) is 8.60. The molecule has 0 radical (unpaired) electrons. The van der Waals surface area contributed by atoms with Gasteiger partial charge >= 0.3 is 11.7 Å². The van der Waals surface area contributed by atoms with Crippen molar-refractivity contribution in [2.45, 2.75) is 39.0 Å². The SMILES string of the molecule is Cc1cc(C)cc(C(=O)O[C@@H]2C=C[C@H](n3ccc(=O)n(Cc4ccccc4)c3=O)C2)c1. The summed E-state index contributed by atoms with van der Waals surface area (Å²) in [5, 5.41) is 0. The van der Waals surface area contributed by atoms with Gasteiger partial charge in [-0.15, -0.1) is 0 Å². The molecule has 3 aromatic rings. The maximum Gasteiger partial charge on any atom is 0.338 e. The van der Waals surface area contributed by atoms with E-state index in [4.69, 9.17) is 4.74 Å². The number of aryl methyl sites for hydroxylation is 2. The lowest BCUT2D eigenvalue weighted by Gasteiger charge is -2.17. The van der Waals surface area contributed by atoms with Crippen LogP contribution in [0.4, 0.5) is 0 Å². The Hall–Kier alpha value is -3.67. The normalized spacial score (nSPS) is 17.6. The highest BCUT2D eigenvalue weighted by Gasteiger charge is 2.25. The van der Waals surface area contributed by atoms with E-state index in [9.17, 15) is 14.4 Å². The first-order chi connectivity index (χ1) is 14.9.